The molecule has 1 heterocycles. The fourth-order valence-corrected chi connectivity index (χ4v) is 7.38. The Morgan fingerprint density at radius 3 is 1.34 bits per heavy atom. The number of phosphoric ester groups is 3. The lowest BCUT2D eigenvalue weighted by Crippen LogP contribution is -2.61. The summed E-state index contributed by atoms with van der Waals surface area (Å²) < 4.78 is 70.1. The van der Waals surface area contributed by atoms with Crippen LogP contribution in [-0.2, 0) is 53.7 Å². The molecule has 268 valence electrons. The summed E-state index contributed by atoms with van der Waals surface area (Å²) in [5.74, 6) is 0. The summed E-state index contributed by atoms with van der Waals surface area (Å²) in [6.45, 7) is -0.868. The first-order valence-electron chi connectivity index (χ1n) is 15.0. The van der Waals surface area contributed by atoms with Crippen molar-refractivity contribution in [1.82, 2.24) is 0 Å². The molecule has 1 saturated heterocycles. The van der Waals surface area contributed by atoms with Crippen molar-refractivity contribution < 1.29 is 70.8 Å². The molecule has 1 fully saturated rings. The summed E-state index contributed by atoms with van der Waals surface area (Å²) in [6.07, 6.45) is -10.2. The molecule has 1 aliphatic rings. The van der Waals surface area contributed by atoms with Gasteiger partial charge < -0.3 is 43.6 Å². The summed E-state index contributed by atoms with van der Waals surface area (Å²) in [5.41, 5.74) is 1.03. The van der Waals surface area contributed by atoms with Gasteiger partial charge in [-0.2, -0.15) is 0 Å². The standard InChI is InChI=1S/C32H35O15P3/c33-48(34,35)45-28-27(22-43-32(24-15-7-2-8-16-24,25-17-9-3-10-18-25)26-19-11-4-12-20-26)44-31(42-21-23-13-5-1-6-14-23)30(47-50(39,40)41)29(28)46-49(36,37)38/h1-20,27-31H,21-22H2,(H2,33,34,35)(H2,36,37,38)(H2,39,40,41)/t27-,28+,29+,30+,31-/m0/s1. The van der Waals surface area contributed by atoms with Gasteiger partial charge in [0.2, 0.25) is 0 Å². The van der Waals surface area contributed by atoms with E-state index in [0.29, 0.717) is 22.3 Å². The maximum absolute atomic E-state index is 12.3. The molecular formula is C32H35O15P3. The van der Waals surface area contributed by atoms with Crippen molar-refractivity contribution in [2.24, 2.45) is 0 Å². The van der Waals surface area contributed by atoms with Gasteiger partial charge in [0.1, 0.15) is 30.0 Å². The highest BCUT2D eigenvalue weighted by atomic mass is 31.2. The molecule has 5 atom stereocenters. The zero-order valence-corrected chi connectivity index (χ0v) is 28.7. The SMILES string of the molecule is O=P(O)(O)O[C@H]1[C@@H](OP(=O)(O)O)[C@@H](OCc2ccccc2)O[C@@H](COC(c2ccccc2)(c2ccccc2)c2ccccc2)[C@H]1OP(=O)(O)O. The van der Waals surface area contributed by atoms with Gasteiger partial charge in [0.15, 0.2) is 6.29 Å². The third kappa shape index (κ3) is 10.1. The molecule has 15 nitrogen and oxygen atoms in total. The van der Waals surface area contributed by atoms with Gasteiger partial charge in [0.25, 0.3) is 0 Å². The Labute approximate surface area is 287 Å². The highest BCUT2D eigenvalue weighted by Crippen LogP contribution is 2.51. The van der Waals surface area contributed by atoms with Crippen LogP contribution in [-0.4, -0.2) is 66.7 Å². The van der Waals surface area contributed by atoms with Crippen molar-refractivity contribution >= 4 is 23.5 Å². The molecule has 0 unspecified atom stereocenters. The second kappa shape index (κ2) is 16.2. The molecular weight excluding hydrogens is 717 g/mol. The van der Waals surface area contributed by atoms with E-state index >= 15 is 0 Å². The van der Waals surface area contributed by atoms with Gasteiger partial charge in [-0.25, -0.2) is 13.7 Å². The van der Waals surface area contributed by atoms with Gasteiger partial charge in [0, 0.05) is 0 Å². The van der Waals surface area contributed by atoms with Gasteiger partial charge in [-0.3, -0.25) is 13.6 Å². The van der Waals surface area contributed by atoms with E-state index in [2.05, 4.69) is 0 Å². The van der Waals surface area contributed by atoms with Gasteiger partial charge >= 0.3 is 23.5 Å². The van der Waals surface area contributed by atoms with Gasteiger partial charge in [-0.05, 0) is 22.3 Å². The zero-order valence-electron chi connectivity index (χ0n) is 26.0. The van der Waals surface area contributed by atoms with Crippen molar-refractivity contribution in [2.45, 2.75) is 42.9 Å². The second-order valence-electron chi connectivity index (χ2n) is 11.1. The molecule has 0 aromatic heterocycles. The van der Waals surface area contributed by atoms with E-state index in [1.54, 1.807) is 121 Å². The molecule has 0 saturated carbocycles. The number of hydrogen-bond acceptors (Lipinski definition) is 9. The number of ether oxygens (including phenoxy) is 3. The first-order valence-corrected chi connectivity index (χ1v) is 19.6. The van der Waals surface area contributed by atoms with Gasteiger partial charge in [-0.15, -0.1) is 0 Å². The smallest absolute Gasteiger partial charge is 0.358 e. The average molecular weight is 753 g/mol. The van der Waals surface area contributed by atoms with Crippen LogP contribution in [0.1, 0.15) is 22.3 Å². The molecule has 0 radical (unpaired) electrons. The van der Waals surface area contributed by atoms with Crippen LogP contribution in [0.15, 0.2) is 121 Å². The van der Waals surface area contributed by atoms with Gasteiger partial charge in [0.05, 0.1) is 13.2 Å². The lowest BCUT2D eigenvalue weighted by atomic mass is 9.80. The summed E-state index contributed by atoms with van der Waals surface area (Å²) >= 11 is 0. The van der Waals surface area contributed by atoms with Crippen LogP contribution < -0.4 is 0 Å². The lowest BCUT2D eigenvalue weighted by Gasteiger charge is -2.46. The van der Waals surface area contributed by atoms with Crippen LogP contribution in [0.5, 0.6) is 0 Å². The van der Waals surface area contributed by atoms with Crippen molar-refractivity contribution in [1.29, 1.82) is 0 Å². The number of rotatable bonds is 15. The fourth-order valence-electron chi connectivity index (χ4n) is 5.71. The largest absolute Gasteiger partial charge is 0.470 e. The molecule has 0 spiro atoms. The van der Waals surface area contributed by atoms with Crippen LogP contribution >= 0.6 is 23.5 Å². The predicted molar refractivity (Wildman–Crippen MR) is 176 cm³/mol. The van der Waals surface area contributed by atoms with E-state index in [9.17, 15) is 43.1 Å². The Bertz CT molecular complexity index is 1700. The molecule has 5 rings (SSSR count). The molecule has 0 aliphatic carbocycles. The van der Waals surface area contributed by atoms with Crippen LogP contribution in [0.2, 0.25) is 0 Å². The monoisotopic (exact) mass is 752 g/mol. The van der Waals surface area contributed by atoms with E-state index in [1.807, 2.05) is 0 Å². The summed E-state index contributed by atoms with van der Waals surface area (Å²) in [4.78, 5) is 59.1. The minimum atomic E-state index is -5.58. The van der Waals surface area contributed by atoms with Crippen molar-refractivity contribution in [3.63, 3.8) is 0 Å². The number of benzene rings is 4. The quantitative estimate of drug-likeness (QED) is 0.0732. The second-order valence-corrected chi connectivity index (χ2v) is 14.7. The third-order valence-electron chi connectivity index (χ3n) is 7.63. The first-order chi connectivity index (χ1) is 23.6. The summed E-state index contributed by atoms with van der Waals surface area (Å²) in [7, 11) is -16.6. The Morgan fingerprint density at radius 2 is 0.920 bits per heavy atom. The van der Waals surface area contributed by atoms with E-state index in [-0.39, 0.29) is 6.61 Å². The molecule has 4 aromatic carbocycles. The topological polar surface area (TPSA) is 228 Å². The molecule has 4 aromatic rings. The Hall–Kier alpha value is -2.91. The van der Waals surface area contributed by atoms with E-state index < -0.39 is 66.4 Å². The number of phosphoric acid groups is 3. The minimum Gasteiger partial charge on any atom is -0.358 e. The zero-order chi connectivity index (χ0) is 36.0. The first kappa shape index (κ1) is 38.3. The maximum Gasteiger partial charge on any atom is 0.470 e. The normalized spacial score (nSPS) is 21.9. The Kier molecular flexibility index (Phi) is 12.4. The van der Waals surface area contributed by atoms with Crippen molar-refractivity contribution in [2.75, 3.05) is 6.61 Å². The van der Waals surface area contributed by atoms with Crippen LogP contribution in [0.25, 0.3) is 0 Å². The molecule has 18 heteroatoms. The van der Waals surface area contributed by atoms with Gasteiger partial charge in [-0.1, -0.05) is 121 Å². The molecule has 6 N–H and O–H groups in total. The predicted octanol–water partition coefficient (Wildman–Crippen LogP) is 4.37. The van der Waals surface area contributed by atoms with Crippen LogP contribution in [0.3, 0.4) is 0 Å². The van der Waals surface area contributed by atoms with Crippen LogP contribution in [0.4, 0.5) is 0 Å². The molecule has 0 amide bonds. The van der Waals surface area contributed by atoms with Crippen LogP contribution in [0, 0.1) is 0 Å². The third-order valence-corrected chi connectivity index (χ3v) is 9.18. The average Bonchev–Trinajstić information content (AvgIpc) is 3.07. The Balaban J connectivity index is 1.63. The highest BCUT2D eigenvalue weighted by Gasteiger charge is 2.55. The molecule has 1 aliphatic heterocycles. The molecule has 0 bridgehead atoms. The fraction of sp³-hybridized carbons (Fsp3) is 0.250. The Morgan fingerprint density at radius 1 is 0.540 bits per heavy atom. The van der Waals surface area contributed by atoms with Crippen molar-refractivity contribution in [3.8, 4) is 0 Å². The minimum absolute atomic E-state index is 0.255. The van der Waals surface area contributed by atoms with E-state index in [1.165, 1.54) is 0 Å². The summed E-state index contributed by atoms with van der Waals surface area (Å²) in [5, 5.41) is 0. The summed E-state index contributed by atoms with van der Waals surface area (Å²) in [6, 6.07) is 35.4. The molecule has 50 heavy (non-hydrogen) atoms. The number of hydrogen-bond donors (Lipinski definition) is 6. The van der Waals surface area contributed by atoms with Crippen molar-refractivity contribution in [3.05, 3.63) is 144 Å². The highest BCUT2D eigenvalue weighted by molar-refractivity contribution is 7.47. The lowest BCUT2D eigenvalue weighted by molar-refractivity contribution is -0.299. The van der Waals surface area contributed by atoms with E-state index in [4.69, 9.17) is 27.8 Å². The maximum atomic E-state index is 12.3. The van der Waals surface area contributed by atoms with E-state index in [0.717, 1.165) is 0 Å².